The smallest absolute Gasteiger partial charge is 0.253 e. The first kappa shape index (κ1) is 20.7. The third kappa shape index (κ3) is 5.07. The van der Waals surface area contributed by atoms with Crippen LogP contribution in [0.25, 0.3) is 0 Å². The fourth-order valence-corrected chi connectivity index (χ4v) is 2.90. The van der Waals surface area contributed by atoms with Crippen LogP contribution in [0.15, 0.2) is 48.7 Å². The molecule has 0 radical (unpaired) electrons. The zero-order chi connectivity index (χ0) is 21.0. The van der Waals surface area contributed by atoms with Crippen molar-refractivity contribution in [2.75, 3.05) is 12.8 Å². The van der Waals surface area contributed by atoms with Crippen molar-refractivity contribution < 1.29 is 18.7 Å². The van der Waals surface area contributed by atoms with Gasteiger partial charge in [0.05, 0.1) is 17.7 Å². The SMILES string of the molecule is COc1ccc(C(=O)NCc2ccc(Cl)c(Oc3cc(N)cc(Cl)c3)c2F)cn1. The van der Waals surface area contributed by atoms with E-state index in [2.05, 4.69) is 10.3 Å². The molecule has 1 heterocycles. The first-order valence-corrected chi connectivity index (χ1v) is 9.12. The predicted octanol–water partition coefficient (Wildman–Crippen LogP) is 4.84. The number of carbonyl (C=O) groups excluding carboxylic acids is 1. The molecule has 0 aliphatic carbocycles. The Kier molecular flexibility index (Phi) is 6.41. The average Bonchev–Trinajstić information content (AvgIpc) is 2.69. The Bertz CT molecular complexity index is 1030. The lowest BCUT2D eigenvalue weighted by Crippen LogP contribution is -2.23. The molecule has 29 heavy (non-hydrogen) atoms. The van der Waals surface area contributed by atoms with Gasteiger partial charge in [-0.3, -0.25) is 4.79 Å². The quantitative estimate of drug-likeness (QED) is 0.540. The van der Waals surface area contributed by atoms with Crippen molar-refractivity contribution in [2.24, 2.45) is 0 Å². The molecular weight excluding hydrogens is 420 g/mol. The molecule has 9 heteroatoms. The third-order valence-corrected chi connectivity index (χ3v) is 4.41. The van der Waals surface area contributed by atoms with Crippen LogP contribution in [-0.2, 0) is 6.54 Å². The Hall–Kier alpha value is -3.03. The van der Waals surface area contributed by atoms with Crippen LogP contribution in [0.5, 0.6) is 17.4 Å². The number of ether oxygens (including phenoxy) is 2. The second-order valence-electron chi connectivity index (χ2n) is 5.94. The number of hydrogen-bond donors (Lipinski definition) is 2. The molecule has 0 unspecified atom stereocenters. The van der Waals surface area contributed by atoms with Crippen LogP contribution >= 0.6 is 23.2 Å². The highest BCUT2D eigenvalue weighted by atomic mass is 35.5. The Morgan fingerprint density at radius 2 is 2.00 bits per heavy atom. The highest BCUT2D eigenvalue weighted by Gasteiger charge is 2.16. The molecule has 3 rings (SSSR count). The maximum Gasteiger partial charge on any atom is 0.253 e. The lowest BCUT2D eigenvalue weighted by molar-refractivity contribution is 0.0950. The number of amides is 1. The maximum atomic E-state index is 14.9. The van der Waals surface area contributed by atoms with Gasteiger partial charge >= 0.3 is 0 Å². The highest BCUT2D eigenvalue weighted by molar-refractivity contribution is 6.32. The minimum absolute atomic E-state index is 0.0653. The van der Waals surface area contributed by atoms with Gasteiger partial charge < -0.3 is 20.5 Å². The van der Waals surface area contributed by atoms with E-state index >= 15 is 0 Å². The largest absolute Gasteiger partial charge is 0.481 e. The molecule has 0 aliphatic rings. The summed E-state index contributed by atoms with van der Waals surface area (Å²) in [4.78, 5) is 16.2. The summed E-state index contributed by atoms with van der Waals surface area (Å²) in [5.74, 6) is -0.690. The Balaban J connectivity index is 1.76. The molecule has 0 fully saturated rings. The summed E-state index contributed by atoms with van der Waals surface area (Å²) in [5, 5.41) is 3.03. The van der Waals surface area contributed by atoms with Crippen LogP contribution < -0.4 is 20.5 Å². The van der Waals surface area contributed by atoms with E-state index in [1.54, 1.807) is 12.1 Å². The zero-order valence-electron chi connectivity index (χ0n) is 15.2. The van der Waals surface area contributed by atoms with Gasteiger partial charge in [-0.15, -0.1) is 0 Å². The number of carbonyl (C=O) groups is 1. The first-order chi connectivity index (χ1) is 13.9. The summed E-state index contributed by atoms with van der Waals surface area (Å²) in [7, 11) is 1.47. The van der Waals surface area contributed by atoms with Crippen LogP contribution in [0.1, 0.15) is 15.9 Å². The van der Waals surface area contributed by atoms with Crippen LogP contribution in [0.3, 0.4) is 0 Å². The Morgan fingerprint density at radius 3 is 2.66 bits per heavy atom. The van der Waals surface area contributed by atoms with Crippen molar-refractivity contribution in [3.8, 4) is 17.4 Å². The Labute approximate surface area is 176 Å². The van der Waals surface area contributed by atoms with E-state index in [-0.39, 0.29) is 28.6 Å². The fourth-order valence-electron chi connectivity index (χ4n) is 2.48. The first-order valence-electron chi connectivity index (χ1n) is 8.36. The topological polar surface area (TPSA) is 86.5 Å². The number of rotatable bonds is 6. The van der Waals surface area contributed by atoms with Gasteiger partial charge in [0.2, 0.25) is 5.88 Å². The minimum Gasteiger partial charge on any atom is -0.481 e. The number of pyridine rings is 1. The van der Waals surface area contributed by atoms with Crippen LogP contribution in [0, 0.1) is 5.82 Å². The van der Waals surface area contributed by atoms with Gasteiger partial charge in [-0.2, -0.15) is 0 Å². The van der Waals surface area contributed by atoms with E-state index < -0.39 is 11.7 Å². The van der Waals surface area contributed by atoms with E-state index in [0.717, 1.165) is 0 Å². The summed E-state index contributed by atoms with van der Waals surface area (Å²) in [6.45, 7) is -0.0814. The molecule has 0 bridgehead atoms. The number of nitrogens with zero attached hydrogens (tertiary/aromatic N) is 1. The lowest BCUT2D eigenvalue weighted by atomic mass is 10.2. The summed E-state index contributed by atoms with van der Waals surface area (Å²) in [6.07, 6.45) is 1.37. The zero-order valence-corrected chi connectivity index (χ0v) is 16.7. The number of halogens is 3. The predicted molar refractivity (Wildman–Crippen MR) is 109 cm³/mol. The molecule has 0 atom stereocenters. The number of methoxy groups -OCH3 is 1. The average molecular weight is 436 g/mol. The van der Waals surface area contributed by atoms with E-state index in [4.69, 9.17) is 38.4 Å². The van der Waals surface area contributed by atoms with Crippen LogP contribution in [0.4, 0.5) is 10.1 Å². The summed E-state index contributed by atoms with van der Waals surface area (Å²) in [6, 6.07) is 10.6. The Morgan fingerprint density at radius 1 is 1.21 bits per heavy atom. The number of aromatic nitrogens is 1. The van der Waals surface area contributed by atoms with Crippen molar-refractivity contribution >= 4 is 34.8 Å². The number of hydrogen-bond acceptors (Lipinski definition) is 5. The third-order valence-electron chi connectivity index (χ3n) is 3.89. The summed E-state index contributed by atoms with van der Waals surface area (Å²) in [5.41, 5.74) is 6.58. The van der Waals surface area contributed by atoms with Gasteiger partial charge in [-0.1, -0.05) is 29.3 Å². The van der Waals surface area contributed by atoms with Crippen LogP contribution in [-0.4, -0.2) is 18.0 Å². The molecule has 3 N–H and O–H groups in total. The monoisotopic (exact) mass is 435 g/mol. The molecule has 0 aliphatic heterocycles. The molecule has 1 aromatic heterocycles. The normalized spacial score (nSPS) is 10.5. The second kappa shape index (κ2) is 8.98. The number of benzene rings is 2. The van der Waals surface area contributed by atoms with Gasteiger partial charge in [-0.25, -0.2) is 9.37 Å². The molecule has 0 saturated carbocycles. The van der Waals surface area contributed by atoms with Gasteiger partial charge in [0.15, 0.2) is 11.6 Å². The molecule has 0 spiro atoms. The van der Waals surface area contributed by atoms with Gasteiger partial charge in [0, 0.05) is 41.1 Å². The van der Waals surface area contributed by atoms with E-state index in [0.29, 0.717) is 22.2 Å². The van der Waals surface area contributed by atoms with Crippen molar-refractivity contribution in [1.82, 2.24) is 10.3 Å². The second-order valence-corrected chi connectivity index (χ2v) is 6.79. The van der Waals surface area contributed by atoms with Crippen LogP contribution in [0.2, 0.25) is 10.0 Å². The fraction of sp³-hybridized carbons (Fsp3) is 0.100. The lowest BCUT2D eigenvalue weighted by Gasteiger charge is -2.13. The number of nitrogen functional groups attached to an aromatic ring is 1. The minimum atomic E-state index is -0.704. The van der Waals surface area contributed by atoms with Crippen molar-refractivity contribution in [2.45, 2.75) is 6.54 Å². The molecule has 150 valence electrons. The van der Waals surface area contributed by atoms with Gasteiger partial charge in [-0.05, 0) is 24.3 Å². The molecule has 3 aromatic rings. The molecule has 2 aromatic carbocycles. The molecule has 0 saturated heterocycles. The molecule has 6 nitrogen and oxygen atoms in total. The standard InChI is InChI=1S/C20H16Cl2FN3O3/c1-28-17-5-3-12(10-25-17)20(27)26-9-11-2-4-16(22)19(18(11)23)29-15-7-13(21)6-14(24)8-15/h2-8,10H,9,24H2,1H3,(H,26,27). The van der Waals surface area contributed by atoms with E-state index in [9.17, 15) is 9.18 Å². The van der Waals surface area contributed by atoms with Gasteiger partial charge in [0.1, 0.15) is 5.75 Å². The van der Waals surface area contributed by atoms with Crippen molar-refractivity contribution in [3.63, 3.8) is 0 Å². The van der Waals surface area contributed by atoms with Crippen molar-refractivity contribution in [3.05, 3.63) is 75.7 Å². The van der Waals surface area contributed by atoms with Crippen molar-refractivity contribution in [1.29, 1.82) is 0 Å². The van der Waals surface area contributed by atoms with E-state index in [1.165, 1.54) is 43.6 Å². The van der Waals surface area contributed by atoms with E-state index in [1.807, 2.05) is 0 Å². The number of anilines is 1. The summed E-state index contributed by atoms with van der Waals surface area (Å²) < 4.78 is 25.4. The molecule has 1 amide bonds. The number of nitrogens with two attached hydrogens (primary N) is 1. The maximum absolute atomic E-state index is 14.9. The number of nitrogens with one attached hydrogen (secondary N) is 1. The van der Waals surface area contributed by atoms with Gasteiger partial charge in [0.25, 0.3) is 5.91 Å². The molecular formula is C20H16Cl2FN3O3. The summed E-state index contributed by atoms with van der Waals surface area (Å²) >= 11 is 12.0. The highest BCUT2D eigenvalue weighted by Crippen LogP contribution is 2.35.